The molecule has 1 atom stereocenters. The molecule has 1 saturated heterocycles. The van der Waals surface area contributed by atoms with E-state index < -0.39 is 0 Å². The summed E-state index contributed by atoms with van der Waals surface area (Å²) in [7, 11) is 0. The van der Waals surface area contributed by atoms with Gasteiger partial charge in [0.25, 0.3) is 0 Å². The van der Waals surface area contributed by atoms with Crippen molar-refractivity contribution in [3.05, 3.63) is 34.4 Å². The predicted molar refractivity (Wildman–Crippen MR) is 91.2 cm³/mol. The van der Waals surface area contributed by atoms with Gasteiger partial charge in [0, 0.05) is 44.9 Å². The number of benzene rings is 1. The van der Waals surface area contributed by atoms with Crippen molar-refractivity contribution in [2.45, 2.75) is 26.6 Å². The Labute approximate surface area is 143 Å². The predicted octanol–water partition coefficient (Wildman–Crippen LogP) is 2.07. The van der Waals surface area contributed by atoms with E-state index in [1.54, 1.807) is 0 Å². The first-order valence-electron chi connectivity index (χ1n) is 8.05. The zero-order chi connectivity index (χ0) is 15.5. The lowest BCUT2D eigenvalue weighted by Gasteiger charge is -2.31. The maximum atomic E-state index is 11.7. The molecule has 0 radical (unpaired) electrons. The van der Waals surface area contributed by atoms with Gasteiger partial charge in [0.2, 0.25) is 0 Å². The summed E-state index contributed by atoms with van der Waals surface area (Å²) in [6.07, 6.45) is 0.0455. The summed E-state index contributed by atoms with van der Waals surface area (Å²) in [6.45, 7) is 10.2. The number of halogens is 1. The van der Waals surface area contributed by atoms with Gasteiger partial charge in [0.15, 0.2) is 0 Å². The van der Waals surface area contributed by atoms with Gasteiger partial charge >= 0.3 is 5.97 Å². The van der Waals surface area contributed by atoms with Crippen LogP contribution in [-0.2, 0) is 16.1 Å². The molecule has 5 nitrogen and oxygen atoms in total. The van der Waals surface area contributed by atoms with Gasteiger partial charge in [-0.25, -0.2) is 4.79 Å². The number of rotatable bonds is 5. The Morgan fingerprint density at radius 2 is 2.09 bits per heavy atom. The van der Waals surface area contributed by atoms with Gasteiger partial charge in [0.05, 0.1) is 11.7 Å². The molecule has 1 aromatic carbocycles. The van der Waals surface area contributed by atoms with Crippen LogP contribution in [0.15, 0.2) is 12.1 Å². The van der Waals surface area contributed by atoms with Crippen molar-refractivity contribution in [1.29, 1.82) is 0 Å². The Kier molecular flexibility index (Phi) is 6.41. The number of esters is 1. The lowest BCUT2D eigenvalue weighted by atomic mass is 9.95. The van der Waals surface area contributed by atoms with Gasteiger partial charge in [-0.1, -0.05) is 6.07 Å². The fourth-order valence-electron chi connectivity index (χ4n) is 3.29. The molecule has 2 aliphatic rings. The van der Waals surface area contributed by atoms with Crippen LogP contribution in [0.3, 0.4) is 0 Å². The highest BCUT2D eigenvalue weighted by atomic mass is 35.5. The van der Waals surface area contributed by atoms with Crippen molar-refractivity contribution < 1.29 is 14.3 Å². The molecule has 1 N–H and O–H groups in total. The van der Waals surface area contributed by atoms with Gasteiger partial charge < -0.3 is 14.8 Å². The number of carbonyl (C=O) groups is 1. The average Bonchev–Trinajstić information content (AvgIpc) is 2.91. The van der Waals surface area contributed by atoms with E-state index in [0.29, 0.717) is 18.8 Å². The van der Waals surface area contributed by atoms with Gasteiger partial charge in [-0.05, 0) is 31.0 Å². The molecule has 0 saturated carbocycles. The summed E-state index contributed by atoms with van der Waals surface area (Å²) < 4.78 is 11.2. The second kappa shape index (κ2) is 8.11. The molecule has 0 aromatic heterocycles. The molecule has 0 aliphatic carbocycles. The van der Waals surface area contributed by atoms with Crippen molar-refractivity contribution in [3.8, 4) is 0 Å². The third-order valence-corrected chi connectivity index (χ3v) is 4.56. The van der Waals surface area contributed by atoms with Crippen LogP contribution < -0.4 is 5.32 Å². The molecule has 1 aromatic rings. The third kappa shape index (κ3) is 3.86. The Balaban J connectivity index is 0.00000192. The minimum Gasteiger partial charge on any atom is -0.457 e. The zero-order valence-corrected chi connectivity index (χ0v) is 14.6. The van der Waals surface area contributed by atoms with Crippen LogP contribution in [0.1, 0.15) is 40.1 Å². The van der Waals surface area contributed by atoms with Crippen LogP contribution >= 0.6 is 12.4 Å². The van der Waals surface area contributed by atoms with Crippen LogP contribution in [0.4, 0.5) is 0 Å². The highest BCUT2D eigenvalue weighted by Gasteiger charge is 2.27. The van der Waals surface area contributed by atoms with Gasteiger partial charge in [-0.3, -0.25) is 4.90 Å². The van der Waals surface area contributed by atoms with E-state index >= 15 is 0 Å². The number of hydrogen-bond acceptors (Lipinski definition) is 5. The molecule has 3 rings (SSSR count). The summed E-state index contributed by atoms with van der Waals surface area (Å²) in [5, 5.41) is 3.37. The molecule has 0 spiro atoms. The topological polar surface area (TPSA) is 50.8 Å². The normalized spacial score (nSPS) is 19.0. The van der Waals surface area contributed by atoms with E-state index in [4.69, 9.17) is 9.47 Å². The highest BCUT2D eigenvalue weighted by molar-refractivity contribution is 5.93. The number of fused-ring (bicyclic) bond motifs is 1. The Bertz CT molecular complexity index is 559. The van der Waals surface area contributed by atoms with Crippen LogP contribution in [0, 0.1) is 6.92 Å². The maximum Gasteiger partial charge on any atom is 0.338 e. The summed E-state index contributed by atoms with van der Waals surface area (Å²) in [4.78, 5) is 14.1. The minimum absolute atomic E-state index is 0. The number of piperazine rings is 1. The number of nitrogens with zero attached hydrogens (tertiary/aromatic N) is 1. The van der Waals surface area contributed by atoms with E-state index in [1.165, 1.54) is 5.56 Å². The summed E-state index contributed by atoms with van der Waals surface area (Å²) >= 11 is 0. The molecule has 2 heterocycles. The molecule has 0 bridgehead atoms. The third-order valence-electron chi connectivity index (χ3n) is 4.56. The van der Waals surface area contributed by atoms with Crippen molar-refractivity contribution in [2.75, 3.05) is 39.3 Å². The highest BCUT2D eigenvalue weighted by Crippen LogP contribution is 2.31. The molecule has 6 heteroatoms. The number of ether oxygens (including phenoxy) is 2. The van der Waals surface area contributed by atoms with Crippen molar-refractivity contribution in [1.82, 2.24) is 10.2 Å². The van der Waals surface area contributed by atoms with Crippen molar-refractivity contribution in [2.24, 2.45) is 0 Å². The average molecular weight is 341 g/mol. The number of carbonyl (C=O) groups excluding carboxylic acids is 1. The molecule has 0 amide bonds. The van der Waals surface area contributed by atoms with Gasteiger partial charge in [-0.15, -0.1) is 12.4 Å². The Morgan fingerprint density at radius 1 is 1.35 bits per heavy atom. The number of cyclic esters (lactones) is 1. The smallest absolute Gasteiger partial charge is 0.338 e. The number of hydrogen-bond donors (Lipinski definition) is 1. The SMILES string of the molecule is CCOC(CN1CCNCC1)c1ccc2c(c1C)COC2=O.Cl. The second-order valence-electron chi connectivity index (χ2n) is 5.88. The van der Waals surface area contributed by atoms with E-state index in [-0.39, 0.29) is 24.5 Å². The van der Waals surface area contributed by atoms with E-state index in [2.05, 4.69) is 17.1 Å². The molecule has 128 valence electrons. The molecule has 23 heavy (non-hydrogen) atoms. The van der Waals surface area contributed by atoms with Gasteiger partial charge in [-0.2, -0.15) is 0 Å². The van der Waals surface area contributed by atoms with Gasteiger partial charge in [0.1, 0.15) is 6.61 Å². The van der Waals surface area contributed by atoms with Crippen molar-refractivity contribution in [3.63, 3.8) is 0 Å². The van der Waals surface area contributed by atoms with E-state index in [1.807, 2.05) is 19.1 Å². The molecular formula is C17H25ClN2O3. The summed E-state index contributed by atoms with van der Waals surface area (Å²) in [6, 6.07) is 3.92. The molecular weight excluding hydrogens is 316 g/mol. The summed E-state index contributed by atoms with van der Waals surface area (Å²) in [5.41, 5.74) is 4.04. The van der Waals surface area contributed by atoms with E-state index in [0.717, 1.165) is 43.9 Å². The van der Waals surface area contributed by atoms with Crippen molar-refractivity contribution >= 4 is 18.4 Å². The summed E-state index contributed by atoms with van der Waals surface area (Å²) in [5.74, 6) is -0.209. The number of nitrogens with one attached hydrogen (secondary N) is 1. The second-order valence-corrected chi connectivity index (χ2v) is 5.88. The quantitative estimate of drug-likeness (QED) is 0.832. The molecule has 1 fully saturated rings. The van der Waals surface area contributed by atoms with Crippen LogP contribution in [0.2, 0.25) is 0 Å². The molecule has 1 unspecified atom stereocenters. The van der Waals surface area contributed by atoms with Crippen LogP contribution in [0.5, 0.6) is 0 Å². The Hall–Kier alpha value is -1.14. The van der Waals surface area contributed by atoms with Crippen LogP contribution in [-0.4, -0.2) is 50.2 Å². The van der Waals surface area contributed by atoms with Crippen LogP contribution in [0.25, 0.3) is 0 Å². The fourth-order valence-corrected chi connectivity index (χ4v) is 3.29. The monoisotopic (exact) mass is 340 g/mol. The first-order chi connectivity index (χ1) is 10.7. The largest absolute Gasteiger partial charge is 0.457 e. The Morgan fingerprint density at radius 3 is 2.78 bits per heavy atom. The first kappa shape index (κ1) is 18.2. The standard InChI is InChI=1S/C17H24N2O3.ClH/c1-3-21-16(10-19-8-6-18-7-9-19)13-4-5-14-15(12(13)2)11-22-17(14)20;/h4-5,16,18H,3,6-11H2,1-2H3;1H. The minimum atomic E-state index is -0.209. The van der Waals surface area contributed by atoms with E-state index in [9.17, 15) is 4.79 Å². The molecule has 2 aliphatic heterocycles. The lowest BCUT2D eigenvalue weighted by molar-refractivity contribution is 0.0292. The lowest BCUT2D eigenvalue weighted by Crippen LogP contribution is -2.45. The zero-order valence-electron chi connectivity index (χ0n) is 13.8. The fraction of sp³-hybridized carbons (Fsp3) is 0.588. The first-order valence-corrected chi connectivity index (χ1v) is 8.05. The maximum absolute atomic E-state index is 11.7.